The largest absolute Gasteiger partial charge is 0.362 e. The Morgan fingerprint density at radius 2 is 2.05 bits per heavy atom. The van der Waals surface area contributed by atoms with Crippen LogP contribution in [0.25, 0.3) is 0 Å². The van der Waals surface area contributed by atoms with Crippen molar-refractivity contribution >= 4 is 38.9 Å². The standard InChI is InChI=1S/C17H26BrN3S/c1-13-9-14(2)12-21(11-13)8-4-7-19-17(22)20-16-6-3-5-15(18)10-16/h3,5-6,10,13-14H,4,7-9,11-12H2,1-2H3,(H2,19,20,22). The third kappa shape index (κ3) is 6.23. The van der Waals surface area contributed by atoms with Crippen molar-refractivity contribution < 1.29 is 0 Å². The SMILES string of the molecule is CC1CC(C)CN(CCCNC(=S)Nc2cccc(Br)c2)C1. The van der Waals surface area contributed by atoms with Crippen LogP contribution < -0.4 is 10.6 Å². The molecular formula is C17H26BrN3S. The lowest BCUT2D eigenvalue weighted by atomic mass is 9.92. The monoisotopic (exact) mass is 383 g/mol. The lowest BCUT2D eigenvalue weighted by Gasteiger charge is -2.35. The molecule has 1 saturated heterocycles. The number of piperidine rings is 1. The van der Waals surface area contributed by atoms with Crippen LogP contribution in [0.5, 0.6) is 0 Å². The second-order valence-electron chi connectivity index (χ2n) is 6.45. The summed E-state index contributed by atoms with van der Waals surface area (Å²) in [6.45, 7) is 9.27. The maximum atomic E-state index is 5.34. The molecular weight excluding hydrogens is 358 g/mol. The third-order valence-electron chi connectivity index (χ3n) is 3.96. The van der Waals surface area contributed by atoms with E-state index in [1.807, 2.05) is 24.3 Å². The van der Waals surface area contributed by atoms with Crippen LogP contribution in [0.2, 0.25) is 0 Å². The van der Waals surface area contributed by atoms with Crippen molar-refractivity contribution in [1.29, 1.82) is 0 Å². The first-order valence-electron chi connectivity index (χ1n) is 8.05. The van der Waals surface area contributed by atoms with Gasteiger partial charge in [-0.3, -0.25) is 0 Å². The number of thiocarbonyl (C=S) groups is 1. The molecule has 0 radical (unpaired) electrons. The molecule has 0 amide bonds. The lowest BCUT2D eigenvalue weighted by Crippen LogP contribution is -2.40. The maximum absolute atomic E-state index is 5.34. The van der Waals surface area contributed by atoms with Crippen molar-refractivity contribution in [3.63, 3.8) is 0 Å². The molecule has 1 heterocycles. The van der Waals surface area contributed by atoms with E-state index in [0.717, 1.165) is 41.5 Å². The zero-order valence-corrected chi connectivity index (χ0v) is 15.8. The molecule has 3 nitrogen and oxygen atoms in total. The molecule has 1 aliphatic rings. The molecule has 0 aliphatic carbocycles. The van der Waals surface area contributed by atoms with Crippen molar-refractivity contribution in [3.05, 3.63) is 28.7 Å². The number of hydrogen-bond acceptors (Lipinski definition) is 2. The van der Waals surface area contributed by atoms with E-state index >= 15 is 0 Å². The van der Waals surface area contributed by atoms with Crippen LogP contribution in [0.3, 0.4) is 0 Å². The minimum absolute atomic E-state index is 0.693. The fraction of sp³-hybridized carbons (Fsp3) is 0.588. The van der Waals surface area contributed by atoms with Gasteiger partial charge in [0.25, 0.3) is 0 Å². The van der Waals surface area contributed by atoms with E-state index in [1.165, 1.54) is 19.5 Å². The van der Waals surface area contributed by atoms with Gasteiger partial charge in [-0.25, -0.2) is 0 Å². The van der Waals surface area contributed by atoms with Crippen molar-refractivity contribution in [2.45, 2.75) is 26.7 Å². The van der Waals surface area contributed by atoms with Gasteiger partial charge in [-0.15, -0.1) is 0 Å². The highest BCUT2D eigenvalue weighted by molar-refractivity contribution is 9.10. The first kappa shape index (κ1) is 17.7. The number of nitrogens with zero attached hydrogens (tertiary/aromatic N) is 1. The third-order valence-corrected chi connectivity index (χ3v) is 4.70. The van der Waals surface area contributed by atoms with Gasteiger partial charge in [0.05, 0.1) is 0 Å². The highest BCUT2D eigenvalue weighted by Gasteiger charge is 2.20. The summed E-state index contributed by atoms with van der Waals surface area (Å²) in [5.74, 6) is 1.66. The summed E-state index contributed by atoms with van der Waals surface area (Å²) >= 11 is 8.80. The Labute approximate surface area is 148 Å². The van der Waals surface area contributed by atoms with Gasteiger partial charge < -0.3 is 15.5 Å². The quantitative estimate of drug-likeness (QED) is 0.590. The summed E-state index contributed by atoms with van der Waals surface area (Å²) in [6, 6.07) is 8.02. The van der Waals surface area contributed by atoms with E-state index in [1.54, 1.807) is 0 Å². The average Bonchev–Trinajstić information content (AvgIpc) is 2.42. The average molecular weight is 384 g/mol. The van der Waals surface area contributed by atoms with Gasteiger partial charge in [0, 0.05) is 29.8 Å². The fourth-order valence-corrected chi connectivity index (χ4v) is 3.84. The van der Waals surface area contributed by atoms with Crippen molar-refractivity contribution in [1.82, 2.24) is 10.2 Å². The number of halogens is 1. The van der Waals surface area contributed by atoms with E-state index in [-0.39, 0.29) is 0 Å². The topological polar surface area (TPSA) is 27.3 Å². The smallest absolute Gasteiger partial charge is 0.170 e. The van der Waals surface area contributed by atoms with Gasteiger partial charge in [-0.1, -0.05) is 35.8 Å². The molecule has 1 aliphatic heterocycles. The van der Waals surface area contributed by atoms with Crippen LogP contribution in [0.15, 0.2) is 28.7 Å². The van der Waals surface area contributed by atoms with E-state index in [2.05, 4.69) is 45.3 Å². The maximum Gasteiger partial charge on any atom is 0.170 e. The molecule has 0 bridgehead atoms. The van der Waals surface area contributed by atoms with Crippen LogP contribution in [0.1, 0.15) is 26.7 Å². The Kier molecular flexibility index (Phi) is 7.12. The predicted molar refractivity (Wildman–Crippen MR) is 102 cm³/mol. The molecule has 1 aromatic carbocycles. The highest BCUT2D eigenvalue weighted by Crippen LogP contribution is 2.20. The molecule has 2 rings (SSSR count). The molecule has 1 aromatic rings. The normalized spacial score (nSPS) is 22.3. The molecule has 122 valence electrons. The number of anilines is 1. The van der Waals surface area contributed by atoms with Gasteiger partial charge in [0.2, 0.25) is 0 Å². The van der Waals surface area contributed by atoms with Crippen LogP contribution in [-0.2, 0) is 0 Å². The van der Waals surface area contributed by atoms with Crippen molar-refractivity contribution in [3.8, 4) is 0 Å². The summed E-state index contributed by atoms with van der Waals surface area (Å²) in [5, 5.41) is 7.20. The first-order chi connectivity index (χ1) is 10.5. The first-order valence-corrected chi connectivity index (χ1v) is 9.26. The van der Waals surface area contributed by atoms with E-state index in [9.17, 15) is 0 Å². The van der Waals surface area contributed by atoms with Crippen LogP contribution >= 0.6 is 28.1 Å². The van der Waals surface area contributed by atoms with Crippen LogP contribution in [0.4, 0.5) is 5.69 Å². The molecule has 0 spiro atoms. The lowest BCUT2D eigenvalue weighted by molar-refractivity contribution is 0.140. The minimum atomic E-state index is 0.693. The molecule has 22 heavy (non-hydrogen) atoms. The van der Waals surface area contributed by atoms with Gasteiger partial charge in [-0.05, 0) is 61.6 Å². The zero-order chi connectivity index (χ0) is 15.9. The number of hydrogen-bond donors (Lipinski definition) is 2. The van der Waals surface area contributed by atoms with Crippen molar-refractivity contribution in [2.75, 3.05) is 31.5 Å². The summed E-state index contributed by atoms with van der Waals surface area (Å²) in [4.78, 5) is 2.59. The van der Waals surface area contributed by atoms with Crippen LogP contribution in [0, 0.1) is 11.8 Å². The Morgan fingerprint density at radius 3 is 2.73 bits per heavy atom. The van der Waals surface area contributed by atoms with Gasteiger partial charge in [0.1, 0.15) is 0 Å². The van der Waals surface area contributed by atoms with Gasteiger partial charge in [-0.2, -0.15) is 0 Å². The Balaban J connectivity index is 1.63. The Hall–Kier alpha value is -0.650. The predicted octanol–water partition coefficient (Wildman–Crippen LogP) is 4.10. The Morgan fingerprint density at radius 1 is 1.32 bits per heavy atom. The highest BCUT2D eigenvalue weighted by atomic mass is 79.9. The summed E-state index contributed by atoms with van der Waals surface area (Å²) in [6.07, 6.45) is 2.50. The summed E-state index contributed by atoms with van der Waals surface area (Å²) in [5.41, 5.74) is 1.01. The second kappa shape index (κ2) is 8.85. The Bertz CT molecular complexity index is 485. The molecule has 0 aromatic heterocycles. The number of nitrogens with one attached hydrogen (secondary N) is 2. The van der Waals surface area contributed by atoms with Gasteiger partial charge in [0.15, 0.2) is 5.11 Å². The number of likely N-dealkylation sites (tertiary alicyclic amines) is 1. The van der Waals surface area contributed by atoms with Crippen molar-refractivity contribution in [2.24, 2.45) is 11.8 Å². The van der Waals surface area contributed by atoms with E-state index < -0.39 is 0 Å². The second-order valence-corrected chi connectivity index (χ2v) is 7.77. The van der Waals surface area contributed by atoms with Crippen LogP contribution in [-0.4, -0.2) is 36.2 Å². The van der Waals surface area contributed by atoms with E-state index in [0.29, 0.717) is 5.11 Å². The molecule has 2 atom stereocenters. The molecule has 2 unspecified atom stereocenters. The number of benzene rings is 1. The zero-order valence-electron chi connectivity index (χ0n) is 13.4. The van der Waals surface area contributed by atoms with Gasteiger partial charge >= 0.3 is 0 Å². The molecule has 2 N–H and O–H groups in total. The van der Waals surface area contributed by atoms with E-state index in [4.69, 9.17) is 12.2 Å². The summed E-state index contributed by atoms with van der Waals surface area (Å²) in [7, 11) is 0. The fourth-order valence-electron chi connectivity index (χ4n) is 3.22. The molecule has 5 heteroatoms. The molecule has 0 saturated carbocycles. The minimum Gasteiger partial charge on any atom is -0.362 e. The number of rotatable bonds is 5. The molecule has 1 fully saturated rings. The summed E-state index contributed by atoms with van der Waals surface area (Å²) < 4.78 is 1.05.